The summed E-state index contributed by atoms with van der Waals surface area (Å²) in [7, 11) is 3.63. The van der Waals surface area contributed by atoms with Gasteiger partial charge in [0.25, 0.3) is 5.91 Å². The standard InChI is InChI=1S/C26H31N5O3S/c1-29-23-19(10-17(12-22(23)34-2)25(33)30-8-6-21(32)18(27)14-30)28-24(29)20-11-16-7-9-35-26(16)31(20)13-15-4-3-5-15/h7,9-12,15,18,21,32H,3-6,8,13-14,27H2,1-2H3/t18-,21+/m0/s1. The molecule has 2 atom stereocenters. The van der Waals surface area contributed by atoms with E-state index >= 15 is 0 Å². The lowest BCUT2D eigenvalue weighted by atomic mass is 9.85. The van der Waals surface area contributed by atoms with Gasteiger partial charge in [-0.3, -0.25) is 4.79 Å². The molecule has 1 aliphatic heterocycles. The summed E-state index contributed by atoms with van der Waals surface area (Å²) in [5.41, 5.74) is 9.23. The number of carbonyl (C=O) groups is 1. The third-order valence-electron chi connectivity index (χ3n) is 7.71. The van der Waals surface area contributed by atoms with Gasteiger partial charge in [-0.25, -0.2) is 4.98 Å². The minimum absolute atomic E-state index is 0.117. The first kappa shape index (κ1) is 22.6. The first-order valence-electron chi connectivity index (χ1n) is 12.3. The van der Waals surface area contributed by atoms with E-state index in [-0.39, 0.29) is 5.91 Å². The number of thiophene rings is 1. The van der Waals surface area contributed by atoms with Gasteiger partial charge >= 0.3 is 0 Å². The molecule has 4 aromatic rings. The fourth-order valence-electron chi connectivity index (χ4n) is 5.43. The predicted molar refractivity (Wildman–Crippen MR) is 138 cm³/mol. The highest BCUT2D eigenvalue weighted by Gasteiger charge is 2.30. The van der Waals surface area contributed by atoms with Gasteiger partial charge in [0.05, 0.1) is 24.4 Å². The number of aryl methyl sites for hydroxylation is 1. The Balaban J connectivity index is 1.43. The third kappa shape index (κ3) is 3.73. The van der Waals surface area contributed by atoms with E-state index in [4.69, 9.17) is 15.5 Å². The van der Waals surface area contributed by atoms with Gasteiger partial charge in [0.15, 0.2) is 5.82 Å². The average Bonchev–Trinajstić information content (AvgIpc) is 3.50. The Hall–Kier alpha value is -2.88. The summed E-state index contributed by atoms with van der Waals surface area (Å²) < 4.78 is 10.2. The molecular weight excluding hydrogens is 462 g/mol. The fraction of sp³-hybridized carbons (Fsp3) is 0.462. The van der Waals surface area contributed by atoms with E-state index in [1.54, 1.807) is 29.4 Å². The maximum absolute atomic E-state index is 13.3. The molecule has 2 aliphatic rings. The molecule has 35 heavy (non-hydrogen) atoms. The topological polar surface area (TPSA) is 98.5 Å². The highest BCUT2D eigenvalue weighted by Crippen LogP contribution is 2.38. The number of likely N-dealkylation sites (tertiary alicyclic amines) is 1. The number of hydrogen-bond donors (Lipinski definition) is 2. The number of aromatic nitrogens is 3. The van der Waals surface area contributed by atoms with Crippen molar-refractivity contribution in [2.24, 2.45) is 18.7 Å². The number of imidazole rings is 1. The second-order valence-corrected chi connectivity index (χ2v) is 10.8. The number of aliphatic hydroxyl groups excluding tert-OH is 1. The van der Waals surface area contributed by atoms with Crippen LogP contribution in [0.2, 0.25) is 0 Å². The van der Waals surface area contributed by atoms with Crippen molar-refractivity contribution in [3.8, 4) is 17.3 Å². The molecule has 1 aliphatic carbocycles. The van der Waals surface area contributed by atoms with Crippen molar-refractivity contribution < 1.29 is 14.6 Å². The Kier molecular flexibility index (Phi) is 5.58. The Bertz CT molecular complexity index is 1420. The SMILES string of the molecule is COc1cc(C(=O)N2CC[C@@H](O)[C@@H](N)C2)cc2nc(-c3cc4ccsc4n3CC3CCC3)n(C)c12. The monoisotopic (exact) mass is 493 g/mol. The predicted octanol–water partition coefficient (Wildman–Crippen LogP) is 3.60. The van der Waals surface area contributed by atoms with Crippen LogP contribution in [0.15, 0.2) is 29.6 Å². The maximum atomic E-state index is 13.3. The van der Waals surface area contributed by atoms with E-state index < -0.39 is 12.1 Å². The second kappa shape index (κ2) is 8.65. The van der Waals surface area contributed by atoms with Gasteiger partial charge in [-0.1, -0.05) is 6.42 Å². The summed E-state index contributed by atoms with van der Waals surface area (Å²) in [4.78, 5) is 21.3. The van der Waals surface area contributed by atoms with Crippen molar-refractivity contribution in [1.29, 1.82) is 0 Å². The number of nitrogens with two attached hydrogens (primary N) is 1. The van der Waals surface area contributed by atoms with Gasteiger partial charge in [0, 0.05) is 43.7 Å². The van der Waals surface area contributed by atoms with Crippen molar-refractivity contribution in [2.45, 2.75) is 44.4 Å². The number of rotatable bonds is 5. The molecule has 0 radical (unpaired) electrons. The average molecular weight is 494 g/mol. The largest absolute Gasteiger partial charge is 0.494 e. The Morgan fingerprint density at radius 3 is 2.83 bits per heavy atom. The van der Waals surface area contributed by atoms with Crippen LogP contribution < -0.4 is 10.5 Å². The molecule has 3 aromatic heterocycles. The van der Waals surface area contributed by atoms with Crippen molar-refractivity contribution in [1.82, 2.24) is 19.0 Å². The van der Waals surface area contributed by atoms with Crippen molar-refractivity contribution in [2.75, 3.05) is 20.2 Å². The zero-order chi connectivity index (χ0) is 24.3. The summed E-state index contributed by atoms with van der Waals surface area (Å²) in [5.74, 6) is 2.09. The van der Waals surface area contributed by atoms with Gasteiger partial charge in [0.1, 0.15) is 16.1 Å². The summed E-state index contributed by atoms with van der Waals surface area (Å²) in [6.07, 6.45) is 3.79. The van der Waals surface area contributed by atoms with E-state index in [2.05, 4.69) is 26.6 Å². The smallest absolute Gasteiger partial charge is 0.254 e. The fourth-order valence-corrected chi connectivity index (χ4v) is 6.34. The minimum atomic E-state index is -0.569. The molecule has 6 rings (SSSR count). The van der Waals surface area contributed by atoms with Crippen LogP contribution in [-0.4, -0.2) is 62.4 Å². The van der Waals surface area contributed by atoms with Crippen molar-refractivity contribution in [3.63, 3.8) is 0 Å². The van der Waals surface area contributed by atoms with Crippen LogP contribution in [0.1, 0.15) is 36.0 Å². The van der Waals surface area contributed by atoms with Crippen LogP contribution in [-0.2, 0) is 13.6 Å². The van der Waals surface area contributed by atoms with Gasteiger partial charge in [0.2, 0.25) is 0 Å². The first-order valence-corrected chi connectivity index (χ1v) is 13.2. The molecule has 9 heteroatoms. The van der Waals surface area contributed by atoms with Crippen LogP contribution >= 0.6 is 11.3 Å². The molecule has 2 fully saturated rings. The second-order valence-electron chi connectivity index (χ2n) is 9.93. The molecule has 0 bridgehead atoms. The van der Waals surface area contributed by atoms with Crippen LogP contribution in [0.4, 0.5) is 0 Å². The number of piperidine rings is 1. The molecule has 1 amide bonds. The number of benzene rings is 1. The number of ether oxygens (including phenoxy) is 1. The molecule has 184 valence electrons. The molecule has 4 heterocycles. The molecular formula is C26H31N5O3S. The van der Waals surface area contributed by atoms with Crippen LogP contribution in [0.25, 0.3) is 32.8 Å². The normalized spacial score (nSPS) is 21.1. The summed E-state index contributed by atoms with van der Waals surface area (Å²) in [6.45, 7) is 1.82. The van der Waals surface area contributed by atoms with Crippen LogP contribution in [0.3, 0.4) is 0 Å². The van der Waals surface area contributed by atoms with Gasteiger partial charge in [-0.05, 0) is 54.8 Å². The molecule has 1 saturated heterocycles. The van der Waals surface area contributed by atoms with E-state index in [1.807, 2.05) is 13.1 Å². The number of methoxy groups -OCH3 is 1. The lowest BCUT2D eigenvalue weighted by Crippen LogP contribution is -2.53. The lowest BCUT2D eigenvalue weighted by Gasteiger charge is -2.34. The highest BCUT2D eigenvalue weighted by molar-refractivity contribution is 7.16. The Morgan fingerprint density at radius 1 is 1.29 bits per heavy atom. The highest BCUT2D eigenvalue weighted by atomic mass is 32.1. The molecule has 0 unspecified atom stereocenters. The first-order chi connectivity index (χ1) is 16.9. The van der Waals surface area contributed by atoms with E-state index in [0.717, 1.165) is 29.1 Å². The number of amides is 1. The van der Waals surface area contributed by atoms with Crippen LogP contribution in [0, 0.1) is 5.92 Å². The molecule has 0 spiro atoms. The van der Waals surface area contributed by atoms with Crippen molar-refractivity contribution >= 4 is 38.5 Å². The van der Waals surface area contributed by atoms with E-state index in [1.165, 1.54) is 29.5 Å². The molecule has 1 aromatic carbocycles. The third-order valence-corrected chi connectivity index (χ3v) is 8.66. The van der Waals surface area contributed by atoms with E-state index in [0.29, 0.717) is 36.7 Å². The van der Waals surface area contributed by atoms with Gasteiger partial charge < -0.3 is 29.6 Å². The lowest BCUT2D eigenvalue weighted by molar-refractivity contribution is 0.0459. The molecule has 8 nitrogen and oxygen atoms in total. The Labute approximate surface area is 207 Å². The number of nitrogens with zero attached hydrogens (tertiary/aromatic N) is 4. The van der Waals surface area contributed by atoms with Gasteiger partial charge in [-0.2, -0.15) is 0 Å². The molecule has 3 N–H and O–H groups in total. The zero-order valence-corrected chi connectivity index (χ0v) is 20.9. The maximum Gasteiger partial charge on any atom is 0.254 e. The number of aliphatic hydroxyl groups is 1. The summed E-state index contributed by atoms with van der Waals surface area (Å²) in [5, 5.41) is 13.3. The molecule has 1 saturated carbocycles. The minimum Gasteiger partial charge on any atom is -0.494 e. The van der Waals surface area contributed by atoms with Crippen LogP contribution in [0.5, 0.6) is 5.75 Å². The number of hydrogen-bond acceptors (Lipinski definition) is 6. The summed E-state index contributed by atoms with van der Waals surface area (Å²) in [6, 6.07) is 7.60. The number of carbonyl (C=O) groups excluding carboxylic acids is 1. The van der Waals surface area contributed by atoms with Gasteiger partial charge in [-0.15, -0.1) is 11.3 Å². The Morgan fingerprint density at radius 2 is 2.11 bits per heavy atom. The van der Waals surface area contributed by atoms with Crippen molar-refractivity contribution in [3.05, 3.63) is 35.2 Å². The quantitative estimate of drug-likeness (QED) is 0.443. The summed E-state index contributed by atoms with van der Waals surface area (Å²) >= 11 is 1.77. The number of fused-ring (bicyclic) bond motifs is 2. The van der Waals surface area contributed by atoms with E-state index in [9.17, 15) is 9.90 Å². The zero-order valence-electron chi connectivity index (χ0n) is 20.1.